The van der Waals surface area contributed by atoms with Crippen LogP contribution in [-0.2, 0) is 4.74 Å². The molecule has 1 heterocycles. The minimum Gasteiger partial charge on any atom is -0.465 e. The van der Waals surface area contributed by atoms with Gasteiger partial charge in [-0.1, -0.05) is 12.1 Å². The standard InChI is InChI=1S/C18H21N3O3/c1-4-21(5-2)14-10-13(11-19-12-14)17(22)20-16-9-7-6-8-15(16)18(23)24-3/h6-12H,4-5H2,1-3H3,(H,20,22). The van der Waals surface area contributed by atoms with Gasteiger partial charge in [0.15, 0.2) is 0 Å². The van der Waals surface area contributed by atoms with Crippen LogP contribution in [0.1, 0.15) is 34.6 Å². The second-order valence-electron chi connectivity index (χ2n) is 5.10. The van der Waals surface area contributed by atoms with E-state index in [0.29, 0.717) is 16.8 Å². The number of rotatable bonds is 6. The van der Waals surface area contributed by atoms with Crippen LogP contribution in [0.15, 0.2) is 42.7 Å². The van der Waals surface area contributed by atoms with Gasteiger partial charge in [0.2, 0.25) is 0 Å². The smallest absolute Gasteiger partial charge is 0.339 e. The van der Waals surface area contributed by atoms with Crippen LogP contribution < -0.4 is 10.2 Å². The lowest BCUT2D eigenvalue weighted by Crippen LogP contribution is -2.23. The summed E-state index contributed by atoms with van der Waals surface area (Å²) in [5.41, 5.74) is 2.02. The molecule has 2 aromatic rings. The average Bonchev–Trinajstić information content (AvgIpc) is 2.63. The molecular weight excluding hydrogens is 306 g/mol. The highest BCUT2D eigenvalue weighted by Gasteiger charge is 2.15. The Kier molecular flexibility index (Phi) is 5.89. The van der Waals surface area contributed by atoms with Gasteiger partial charge in [-0.25, -0.2) is 4.79 Å². The number of amides is 1. The molecule has 6 nitrogen and oxygen atoms in total. The minimum atomic E-state index is -0.499. The van der Waals surface area contributed by atoms with E-state index in [1.54, 1.807) is 36.5 Å². The minimum absolute atomic E-state index is 0.307. The third-order valence-corrected chi connectivity index (χ3v) is 3.70. The van der Waals surface area contributed by atoms with Crippen molar-refractivity contribution in [3.63, 3.8) is 0 Å². The van der Waals surface area contributed by atoms with Crippen LogP contribution in [0.3, 0.4) is 0 Å². The number of nitrogens with zero attached hydrogens (tertiary/aromatic N) is 2. The summed E-state index contributed by atoms with van der Waals surface area (Å²) >= 11 is 0. The van der Waals surface area contributed by atoms with Gasteiger partial charge in [0.1, 0.15) is 0 Å². The van der Waals surface area contributed by atoms with Crippen LogP contribution in [0.4, 0.5) is 11.4 Å². The number of para-hydroxylation sites is 1. The monoisotopic (exact) mass is 327 g/mol. The third-order valence-electron chi connectivity index (χ3n) is 3.70. The number of hydrogen-bond acceptors (Lipinski definition) is 5. The molecule has 126 valence electrons. The molecule has 1 aromatic heterocycles. The first-order valence-electron chi connectivity index (χ1n) is 7.79. The molecule has 0 atom stereocenters. The van der Waals surface area contributed by atoms with E-state index >= 15 is 0 Å². The predicted octanol–water partition coefficient (Wildman–Crippen LogP) is 2.97. The maximum absolute atomic E-state index is 12.5. The first kappa shape index (κ1) is 17.5. The molecule has 0 aliphatic rings. The zero-order valence-electron chi connectivity index (χ0n) is 14.1. The number of pyridine rings is 1. The second kappa shape index (κ2) is 8.10. The first-order chi connectivity index (χ1) is 11.6. The van der Waals surface area contributed by atoms with Crippen molar-refractivity contribution >= 4 is 23.3 Å². The highest BCUT2D eigenvalue weighted by atomic mass is 16.5. The quantitative estimate of drug-likeness (QED) is 0.826. The number of esters is 1. The molecule has 0 saturated heterocycles. The summed E-state index contributed by atoms with van der Waals surface area (Å²) in [6.45, 7) is 5.74. The summed E-state index contributed by atoms with van der Waals surface area (Å²) in [7, 11) is 1.30. The van der Waals surface area contributed by atoms with Crippen molar-refractivity contribution in [2.45, 2.75) is 13.8 Å². The Balaban J connectivity index is 2.25. The Labute approximate surface area is 141 Å². The Hall–Kier alpha value is -2.89. The molecular formula is C18H21N3O3. The lowest BCUT2D eigenvalue weighted by atomic mass is 10.1. The lowest BCUT2D eigenvalue weighted by Gasteiger charge is -2.20. The van der Waals surface area contributed by atoms with Crippen LogP contribution in [-0.4, -0.2) is 37.1 Å². The summed E-state index contributed by atoms with van der Waals surface area (Å²) in [4.78, 5) is 30.5. The van der Waals surface area contributed by atoms with Crippen molar-refractivity contribution in [1.82, 2.24) is 4.98 Å². The highest BCUT2D eigenvalue weighted by Crippen LogP contribution is 2.19. The van der Waals surface area contributed by atoms with Crippen LogP contribution in [0.5, 0.6) is 0 Å². The molecule has 2 rings (SSSR count). The van der Waals surface area contributed by atoms with Gasteiger partial charge < -0.3 is 15.0 Å². The van der Waals surface area contributed by atoms with E-state index < -0.39 is 5.97 Å². The van der Waals surface area contributed by atoms with E-state index in [1.165, 1.54) is 13.3 Å². The predicted molar refractivity (Wildman–Crippen MR) is 93.5 cm³/mol. The Morgan fingerprint density at radius 2 is 1.88 bits per heavy atom. The van der Waals surface area contributed by atoms with Crippen molar-refractivity contribution in [3.05, 3.63) is 53.9 Å². The largest absolute Gasteiger partial charge is 0.465 e. The summed E-state index contributed by atoms with van der Waals surface area (Å²) < 4.78 is 4.73. The maximum Gasteiger partial charge on any atom is 0.339 e. The molecule has 1 aromatic carbocycles. The van der Waals surface area contributed by atoms with Crippen molar-refractivity contribution in [2.75, 3.05) is 30.4 Å². The van der Waals surface area contributed by atoms with Crippen molar-refractivity contribution in [3.8, 4) is 0 Å². The molecule has 24 heavy (non-hydrogen) atoms. The van der Waals surface area contributed by atoms with Crippen LogP contribution in [0.25, 0.3) is 0 Å². The van der Waals surface area contributed by atoms with Crippen molar-refractivity contribution in [1.29, 1.82) is 0 Å². The number of anilines is 2. The average molecular weight is 327 g/mol. The third kappa shape index (κ3) is 3.90. The number of ether oxygens (including phenoxy) is 1. The van der Waals surface area contributed by atoms with Crippen LogP contribution >= 0.6 is 0 Å². The van der Waals surface area contributed by atoms with Gasteiger partial charge in [0.05, 0.1) is 35.8 Å². The molecule has 0 aliphatic carbocycles. The number of carbonyl (C=O) groups is 2. The van der Waals surface area contributed by atoms with Crippen LogP contribution in [0.2, 0.25) is 0 Å². The number of aromatic nitrogens is 1. The number of methoxy groups -OCH3 is 1. The van der Waals surface area contributed by atoms with Gasteiger partial charge in [-0.15, -0.1) is 0 Å². The van der Waals surface area contributed by atoms with Crippen LogP contribution in [0, 0.1) is 0 Å². The highest BCUT2D eigenvalue weighted by molar-refractivity contribution is 6.08. The number of benzene rings is 1. The van der Waals surface area contributed by atoms with E-state index in [9.17, 15) is 9.59 Å². The van der Waals surface area contributed by atoms with Gasteiger partial charge in [-0.05, 0) is 32.0 Å². The fraction of sp³-hybridized carbons (Fsp3) is 0.278. The molecule has 0 saturated carbocycles. The first-order valence-corrected chi connectivity index (χ1v) is 7.79. The van der Waals surface area contributed by atoms with E-state index in [0.717, 1.165) is 18.8 Å². The zero-order valence-corrected chi connectivity index (χ0v) is 14.1. The van der Waals surface area contributed by atoms with Gasteiger partial charge in [-0.3, -0.25) is 9.78 Å². The summed E-state index contributed by atoms with van der Waals surface area (Å²) in [6.07, 6.45) is 3.23. The van der Waals surface area contributed by atoms with E-state index in [-0.39, 0.29) is 5.91 Å². The Bertz CT molecular complexity index is 727. The van der Waals surface area contributed by atoms with Gasteiger partial charge in [-0.2, -0.15) is 0 Å². The number of carbonyl (C=O) groups excluding carboxylic acids is 2. The lowest BCUT2D eigenvalue weighted by molar-refractivity contribution is 0.0602. The van der Waals surface area contributed by atoms with Gasteiger partial charge >= 0.3 is 5.97 Å². The molecule has 1 N–H and O–H groups in total. The molecule has 0 fully saturated rings. The van der Waals surface area contributed by atoms with Gasteiger partial charge in [0.25, 0.3) is 5.91 Å². The fourth-order valence-corrected chi connectivity index (χ4v) is 2.39. The molecule has 0 radical (unpaired) electrons. The number of nitrogens with one attached hydrogen (secondary N) is 1. The molecule has 0 unspecified atom stereocenters. The topological polar surface area (TPSA) is 71.5 Å². The Morgan fingerprint density at radius 1 is 1.17 bits per heavy atom. The van der Waals surface area contributed by atoms with E-state index in [1.807, 2.05) is 13.8 Å². The normalized spacial score (nSPS) is 10.1. The van der Waals surface area contributed by atoms with Crippen molar-refractivity contribution < 1.29 is 14.3 Å². The maximum atomic E-state index is 12.5. The summed E-state index contributed by atoms with van der Waals surface area (Å²) in [5.74, 6) is -0.825. The molecule has 6 heteroatoms. The summed E-state index contributed by atoms with van der Waals surface area (Å²) in [5, 5.41) is 2.75. The molecule has 0 spiro atoms. The second-order valence-corrected chi connectivity index (χ2v) is 5.10. The van der Waals surface area contributed by atoms with E-state index in [2.05, 4.69) is 15.2 Å². The SMILES string of the molecule is CCN(CC)c1cncc(C(=O)Nc2ccccc2C(=O)OC)c1. The fourth-order valence-electron chi connectivity index (χ4n) is 2.39. The molecule has 0 aliphatic heterocycles. The zero-order chi connectivity index (χ0) is 17.5. The molecule has 0 bridgehead atoms. The Morgan fingerprint density at radius 3 is 2.54 bits per heavy atom. The van der Waals surface area contributed by atoms with E-state index in [4.69, 9.17) is 4.74 Å². The molecule has 1 amide bonds. The number of hydrogen-bond donors (Lipinski definition) is 1. The van der Waals surface area contributed by atoms with Gasteiger partial charge in [0, 0.05) is 19.3 Å². The summed E-state index contributed by atoms with van der Waals surface area (Å²) in [6, 6.07) is 8.50. The van der Waals surface area contributed by atoms with Crippen molar-refractivity contribution in [2.24, 2.45) is 0 Å².